The third-order valence-electron chi connectivity index (χ3n) is 5.80. The van der Waals surface area contributed by atoms with E-state index in [-0.39, 0.29) is 23.2 Å². The van der Waals surface area contributed by atoms with Gasteiger partial charge in [-0.2, -0.15) is 15.5 Å². The first-order chi connectivity index (χ1) is 15.5. The molecule has 9 heteroatoms. The number of hydrogen-bond donors (Lipinski definition) is 2. The van der Waals surface area contributed by atoms with Crippen molar-refractivity contribution in [3.05, 3.63) is 63.5 Å². The first-order valence-electron chi connectivity index (χ1n) is 10.2. The smallest absolute Gasteiger partial charge is 0.272 e. The zero-order valence-corrected chi connectivity index (χ0v) is 17.3. The molecule has 0 aliphatic carbocycles. The second kappa shape index (κ2) is 7.59. The number of fused-ring (bicyclic) bond motifs is 2. The number of aromatic amines is 1. The van der Waals surface area contributed by atoms with Gasteiger partial charge in [0.05, 0.1) is 35.1 Å². The molecule has 8 nitrogen and oxygen atoms in total. The first-order valence-corrected chi connectivity index (χ1v) is 10.2. The van der Waals surface area contributed by atoms with Crippen molar-refractivity contribution >= 4 is 10.8 Å². The average molecular weight is 430 g/mol. The van der Waals surface area contributed by atoms with Crippen molar-refractivity contribution in [2.24, 2.45) is 12.8 Å². The third kappa shape index (κ3) is 2.96. The van der Waals surface area contributed by atoms with Crippen LogP contribution in [0.15, 0.2) is 35.3 Å². The zero-order valence-electron chi connectivity index (χ0n) is 17.3. The van der Waals surface area contributed by atoms with Crippen LogP contribution in [-0.2, 0) is 20.0 Å². The van der Waals surface area contributed by atoms with Crippen molar-refractivity contribution < 1.29 is 9.13 Å². The number of ether oxygens (including phenoxy) is 1. The number of aromatic nitrogens is 4. The van der Waals surface area contributed by atoms with Gasteiger partial charge < -0.3 is 10.5 Å². The molecule has 0 bridgehead atoms. The average Bonchev–Trinajstić information content (AvgIpc) is 3.19. The summed E-state index contributed by atoms with van der Waals surface area (Å²) in [6.07, 6.45) is 3.05. The Labute approximate surface area is 182 Å². The number of rotatable bonds is 3. The molecule has 160 valence electrons. The van der Waals surface area contributed by atoms with Gasteiger partial charge in [0.25, 0.3) is 5.56 Å². The highest BCUT2D eigenvalue weighted by Gasteiger charge is 2.27. The largest absolute Gasteiger partial charge is 0.492 e. The van der Waals surface area contributed by atoms with Gasteiger partial charge >= 0.3 is 0 Å². The van der Waals surface area contributed by atoms with Gasteiger partial charge in [-0.15, -0.1) is 0 Å². The fraction of sp³-hybridized carbons (Fsp3) is 0.217. The van der Waals surface area contributed by atoms with Gasteiger partial charge in [0, 0.05) is 24.5 Å². The third-order valence-corrected chi connectivity index (χ3v) is 5.80. The summed E-state index contributed by atoms with van der Waals surface area (Å²) in [7, 11) is 1.69. The Bertz CT molecular complexity index is 1480. The number of H-pyrrole nitrogens is 1. The monoisotopic (exact) mass is 430 g/mol. The molecule has 3 N–H and O–H groups in total. The highest BCUT2D eigenvalue weighted by molar-refractivity contribution is 5.92. The van der Waals surface area contributed by atoms with Gasteiger partial charge in [0.1, 0.15) is 23.2 Å². The van der Waals surface area contributed by atoms with Crippen LogP contribution >= 0.6 is 0 Å². The van der Waals surface area contributed by atoms with E-state index in [9.17, 15) is 10.1 Å². The highest BCUT2D eigenvalue weighted by Crippen LogP contribution is 2.41. The predicted molar refractivity (Wildman–Crippen MR) is 116 cm³/mol. The van der Waals surface area contributed by atoms with Crippen LogP contribution in [0.25, 0.3) is 33.2 Å². The lowest BCUT2D eigenvalue weighted by atomic mass is 9.92. The Morgan fingerprint density at radius 1 is 1.34 bits per heavy atom. The molecule has 1 aliphatic heterocycles. The summed E-state index contributed by atoms with van der Waals surface area (Å²) in [6.45, 7) is 0.630. The Morgan fingerprint density at radius 2 is 2.19 bits per heavy atom. The molecule has 4 aromatic rings. The lowest BCUT2D eigenvalue weighted by Gasteiger charge is -2.21. The maximum Gasteiger partial charge on any atom is 0.272 e. The Kier molecular flexibility index (Phi) is 4.72. The summed E-state index contributed by atoms with van der Waals surface area (Å²) >= 11 is 0. The summed E-state index contributed by atoms with van der Waals surface area (Å²) in [5.41, 5.74) is 8.78. The first kappa shape index (κ1) is 19.9. The Balaban J connectivity index is 1.78. The molecule has 32 heavy (non-hydrogen) atoms. The van der Waals surface area contributed by atoms with E-state index < -0.39 is 5.82 Å². The number of nitriles is 1. The maximum absolute atomic E-state index is 15.4. The summed E-state index contributed by atoms with van der Waals surface area (Å²) in [4.78, 5) is 12.2. The number of nitrogens with one attached hydrogen (secondary N) is 1. The topological polar surface area (TPSA) is 123 Å². The SMILES string of the molecule is Cn1ncc(-c2ccc3c(=O)[nH]nc(CN)c3c2)c1-c1c(F)cc2c(c1C#N)OCCC2. The van der Waals surface area contributed by atoms with Gasteiger partial charge in [-0.25, -0.2) is 9.49 Å². The fourth-order valence-electron chi connectivity index (χ4n) is 4.30. The Morgan fingerprint density at radius 3 is 2.97 bits per heavy atom. The molecule has 0 saturated carbocycles. The number of hydrogen-bond acceptors (Lipinski definition) is 6. The number of nitrogens with two attached hydrogens (primary N) is 1. The molecule has 0 amide bonds. The van der Waals surface area contributed by atoms with Crippen molar-refractivity contribution in [3.8, 4) is 34.2 Å². The second-order valence-electron chi connectivity index (χ2n) is 7.65. The lowest BCUT2D eigenvalue weighted by molar-refractivity contribution is 0.287. The molecule has 0 radical (unpaired) electrons. The molecule has 0 unspecified atom stereocenters. The van der Waals surface area contributed by atoms with Crippen molar-refractivity contribution in [3.63, 3.8) is 0 Å². The number of halogens is 1. The van der Waals surface area contributed by atoms with E-state index in [1.807, 2.05) is 0 Å². The number of benzene rings is 2. The molecular weight excluding hydrogens is 411 g/mol. The van der Waals surface area contributed by atoms with Gasteiger partial charge in [0.15, 0.2) is 0 Å². The molecule has 0 fully saturated rings. The van der Waals surface area contributed by atoms with E-state index in [0.29, 0.717) is 57.6 Å². The van der Waals surface area contributed by atoms with Gasteiger partial charge in [-0.05, 0) is 42.2 Å². The zero-order chi connectivity index (χ0) is 22.4. The molecule has 3 heterocycles. The van der Waals surface area contributed by atoms with Crippen LogP contribution in [-0.4, -0.2) is 26.6 Å². The van der Waals surface area contributed by atoms with Crippen LogP contribution in [0.1, 0.15) is 23.2 Å². The molecule has 5 rings (SSSR count). The van der Waals surface area contributed by atoms with Crippen LogP contribution in [0, 0.1) is 17.1 Å². The standard InChI is InChI=1S/C23H19FN6O2/c1-30-21(20-16(9-25)22-13(8-18(20)24)3-2-6-32-22)17(11-27-30)12-4-5-14-15(7-12)19(10-26)28-29-23(14)31/h4-5,7-8,11H,2-3,6,10,26H2,1H3,(H,29,31). The van der Waals surface area contributed by atoms with E-state index in [4.69, 9.17) is 10.5 Å². The van der Waals surface area contributed by atoms with Crippen LogP contribution in [0.3, 0.4) is 0 Å². The Hall–Kier alpha value is -4.03. The molecule has 0 saturated heterocycles. The quantitative estimate of drug-likeness (QED) is 0.515. The number of nitrogens with zero attached hydrogens (tertiary/aromatic N) is 4. The summed E-state index contributed by atoms with van der Waals surface area (Å²) < 4.78 is 22.7. The number of aryl methyl sites for hydroxylation is 2. The van der Waals surface area contributed by atoms with E-state index >= 15 is 4.39 Å². The van der Waals surface area contributed by atoms with Crippen molar-refractivity contribution in [2.45, 2.75) is 19.4 Å². The fourth-order valence-corrected chi connectivity index (χ4v) is 4.30. The summed E-state index contributed by atoms with van der Waals surface area (Å²) in [5.74, 6) is -0.0702. The van der Waals surface area contributed by atoms with Crippen LogP contribution < -0.4 is 16.0 Å². The highest BCUT2D eigenvalue weighted by atomic mass is 19.1. The second-order valence-corrected chi connectivity index (χ2v) is 7.65. The molecule has 0 spiro atoms. The lowest BCUT2D eigenvalue weighted by Crippen LogP contribution is -2.13. The van der Waals surface area contributed by atoms with E-state index in [1.165, 1.54) is 10.7 Å². The van der Waals surface area contributed by atoms with Crippen molar-refractivity contribution in [1.29, 1.82) is 5.26 Å². The minimum absolute atomic E-state index is 0.145. The summed E-state index contributed by atoms with van der Waals surface area (Å²) in [6, 6.07) is 8.81. The van der Waals surface area contributed by atoms with Crippen LogP contribution in [0.2, 0.25) is 0 Å². The minimum Gasteiger partial charge on any atom is -0.492 e. The van der Waals surface area contributed by atoms with E-state index in [0.717, 1.165) is 6.42 Å². The normalized spacial score (nSPS) is 12.9. The van der Waals surface area contributed by atoms with Gasteiger partial charge in [-0.3, -0.25) is 9.48 Å². The molecule has 1 aliphatic rings. The molecule has 2 aromatic carbocycles. The molecule has 2 aromatic heterocycles. The molecular formula is C23H19FN6O2. The maximum atomic E-state index is 15.4. The summed E-state index contributed by atoms with van der Waals surface area (Å²) in [5, 5.41) is 21.8. The van der Waals surface area contributed by atoms with Crippen molar-refractivity contribution in [1.82, 2.24) is 20.0 Å². The van der Waals surface area contributed by atoms with Gasteiger partial charge in [-0.1, -0.05) is 6.07 Å². The molecule has 0 atom stereocenters. The van der Waals surface area contributed by atoms with Gasteiger partial charge in [0.2, 0.25) is 0 Å². The van der Waals surface area contributed by atoms with Crippen LogP contribution in [0.4, 0.5) is 4.39 Å². The van der Waals surface area contributed by atoms with E-state index in [2.05, 4.69) is 21.4 Å². The van der Waals surface area contributed by atoms with Crippen molar-refractivity contribution in [2.75, 3.05) is 6.61 Å². The predicted octanol–water partition coefficient (Wildman–Crippen LogP) is 2.79. The van der Waals surface area contributed by atoms with Crippen LogP contribution in [0.5, 0.6) is 5.75 Å². The van der Waals surface area contributed by atoms with E-state index in [1.54, 1.807) is 31.4 Å². The minimum atomic E-state index is -0.503.